The van der Waals surface area contributed by atoms with Crippen molar-refractivity contribution in [3.8, 4) is 0 Å². The largest absolute Gasteiger partial charge is 0.444 e. The number of carbonyl (C=O) groups is 2. The Kier molecular flexibility index (Phi) is 7.82. The van der Waals surface area contributed by atoms with Crippen molar-refractivity contribution in [2.75, 3.05) is 26.7 Å². The number of carbonyl (C=O) groups excluding carboxylic acids is 2. The molecule has 0 spiro atoms. The van der Waals surface area contributed by atoms with Gasteiger partial charge >= 0.3 is 6.09 Å². The van der Waals surface area contributed by atoms with Gasteiger partial charge in [-0.2, -0.15) is 0 Å². The van der Waals surface area contributed by atoms with Gasteiger partial charge in [0.15, 0.2) is 0 Å². The number of rotatable bonds is 7. The van der Waals surface area contributed by atoms with Crippen molar-refractivity contribution in [2.24, 2.45) is 5.92 Å². The van der Waals surface area contributed by atoms with Gasteiger partial charge in [-0.25, -0.2) is 4.79 Å². The van der Waals surface area contributed by atoms with E-state index in [2.05, 4.69) is 5.32 Å². The van der Waals surface area contributed by atoms with E-state index in [-0.39, 0.29) is 24.0 Å². The monoisotopic (exact) mass is 328 g/mol. The molecule has 6 nitrogen and oxygen atoms in total. The van der Waals surface area contributed by atoms with Crippen LogP contribution in [0.4, 0.5) is 4.79 Å². The van der Waals surface area contributed by atoms with Crippen LogP contribution in [0, 0.1) is 5.92 Å². The fourth-order valence-electron chi connectivity index (χ4n) is 2.49. The van der Waals surface area contributed by atoms with Gasteiger partial charge in [0.2, 0.25) is 5.91 Å². The molecule has 1 rings (SSSR count). The fraction of sp³-hybridized carbons (Fsp3) is 0.882. The van der Waals surface area contributed by atoms with Crippen LogP contribution < -0.4 is 5.32 Å². The maximum Gasteiger partial charge on any atom is 0.410 e. The Balaban J connectivity index is 2.18. The minimum Gasteiger partial charge on any atom is -0.444 e. The van der Waals surface area contributed by atoms with Crippen LogP contribution >= 0.6 is 0 Å². The highest BCUT2D eigenvalue weighted by atomic mass is 16.6. The van der Waals surface area contributed by atoms with Crippen molar-refractivity contribution in [1.82, 2.24) is 10.2 Å². The van der Waals surface area contributed by atoms with E-state index in [1.165, 1.54) is 0 Å². The van der Waals surface area contributed by atoms with E-state index < -0.39 is 5.60 Å². The molecule has 1 heterocycles. The number of hydrogen-bond acceptors (Lipinski definition) is 4. The Morgan fingerprint density at radius 3 is 2.65 bits per heavy atom. The van der Waals surface area contributed by atoms with Gasteiger partial charge in [0.1, 0.15) is 5.60 Å². The normalized spacial score (nSPS) is 19.3. The van der Waals surface area contributed by atoms with Crippen LogP contribution in [0.2, 0.25) is 0 Å². The highest BCUT2D eigenvalue weighted by Gasteiger charge is 2.21. The second-order valence-electron chi connectivity index (χ2n) is 7.44. The first-order valence-corrected chi connectivity index (χ1v) is 8.50. The zero-order chi connectivity index (χ0) is 17.5. The molecule has 1 aliphatic rings. The standard InChI is InChI=1S/C17H32N2O4/c1-13(12-19(5)16(21)23-17(2,3)4)11-18-15(20)9-8-14-7-6-10-22-14/h13-14H,6-12H2,1-5H3,(H,18,20)/t13-,14+/m0/s1. The van der Waals surface area contributed by atoms with Crippen molar-refractivity contribution in [3.63, 3.8) is 0 Å². The molecule has 1 N–H and O–H groups in total. The third-order valence-corrected chi connectivity index (χ3v) is 3.66. The van der Waals surface area contributed by atoms with Crippen molar-refractivity contribution >= 4 is 12.0 Å². The van der Waals surface area contributed by atoms with Gasteiger partial charge in [-0.1, -0.05) is 6.92 Å². The predicted molar refractivity (Wildman–Crippen MR) is 89.2 cm³/mol. The van der Waals surface area contributed by atoms with E-state index in [0.717, 1.165) is 25.9 Å². The SMILES string of the molecule is C[C@@H](CNC(=O)CC[C@H]1CCCO1)CN(C)C(=O)OC(C)(C)C. The van der Waals surface area contributed by atoms with Crippen LogP contribution in [0.1, 0.15) is 53.4 Å². The van der Waals surface area contributed by atoms with Gasteiger partial charge in [0, 0.05) is 33.2 Å². The third kappa shape index (κ3) is 8.79. The molecule has 1 saturated heterocycles. The van der Waals surface area contributed by atoms with Gasteiger partial charge in [-0.15, -0.1) is 0 Å². The molecule has 0 bridgehead atoms. The van der Waals surface area contributed by atoms with Crippen molar-refractivity contribution < 1.29 is 19.1 Å². The maximum absolute atomic E-state index is 11.9. The summed E-state index contributed by atoms with van der Waals surface area (Å²) in [6.45, 7) is 9.45. The number of nitrogens with zero attached hydrogens (tertiary/aromatic N) is 1. The van der Waals surface area contributed by atoms with E-state index in [1.807, 2.05) is 27.7 Å². The van der Waals surface area contributed by atoms with Crippen LogP contribution in [0.5, 0.6) is 0 Å². The van der Waals surface area contributed by atoms with Crippen molar-refractivity contribution in [1.29, 1.82) is 0 Å². The summed E-state index contributed by atoms with van der Waals surface area (Å²) in [6.07, 6.45) is 3.35. The van der Waals surface area contributed by atoms with E-state index in [4.69, 9.17) is 9.47 Å². The molecular weight excluding hydrogens is 296 g/mol. The fourth-order valence-corrected chi connectivity index (χ4v) is 2.49. The minimum absolute atomic E-state index is 0.0484. The molecule has 134 valence electrons. The summed E-state index contributed by atoms with van der Waals surface area (Å²) in [5.74, 6) is 0.214. The summed E-state index contributed by atoms with van der Waals surface area (Å²) in [7, 11) is 1.71. The molecule has 0 aromatic carbocycles. The summed E-state index contributed by atoms with van der Waals surface area (Å²) < 4.78 is 10.8. The topological polar surface area (TPSA) is 67.9 Å². The minimum atomic E-state index is -0.495. The quantitative estimate of drug-likeness (QED) is 0.780. The Bertz CT molecular complexity index is 387. The van der Waals surface area contributed by atoms with Crippen LogP contribution in [0.15, 0.2) is 0 Å². The molecule has 2 atom stereocenters. The van der Waals surface area contributed by atoms with Gasteiger partial charge in [-0.05, 0) is 46.0 Å². The van der Waals surface area contributed by atoms with Gasteiger partial charge < -0.3 is 19.7 Å². The third-order valence-electron chi connectivity index (χ3n) is 3.66. The maximum atomic E-state index is 11.9. The molecule has 0 aromatic rings. The zero-order valence-corrected chi connectivity index (χ0v) is 15.2. The number of amides is 2. The molecule has 0 saturated carbocycles. The summed E-state index contributed by atoms with van der Waals surface area (Å²) in [6, 6.07) is 0. The first-order valence-electron chi connectivity index (χ1n) is 8.50. The van der Waals surface area contributed by atoms with E-state index in [0.29, 0.717) is 19.5 Å². The molecule has 0 radical (unpaired) electrons. The summed E-state index contributed by atoms with van der Waals surface area (Å²) >= 11 is 0. The van der Waals surface area contributed by atoms with E-state index >= 15 is 0 Å². The average Bonchev–Trinajstić information content (AvgIpc) is 2.94. The molecule has 0 aliphatic carbocycles. The van der Waals surface area contributed by atoms with Crippen LogP contribution in [0.25, 0.3) is 0 Å². The van der Waals surface area contributed by atoms with Crippen LogP contribution in [0.3, 0.4) is 0 Å². The van der Waals surface area contributed by atoms with Crippen molar-refractivity contribution in [3.05, 3.63) is 0 Å². The second-order valence-corrected chi connectivity index (χ2v) is 7.44. The van der Waals surface area contributed by atoms with Gasteiger partial charge in [0.05, 0.1) is 6.10 Å². The molecule has 6 heteroatoms. The summed E-state index contributed by atoms with van der Waals surface area (Å²) in [5.41, 5.74) is -0.495. The van der Waals surface area contributed by atoms with Crippen LogP contribution in [-0.4, -0.2) is 55.3 Å². The number of hydrogen-bond donors (Lipinski definition) is 1. The molecule has 23 heavy (non-hydrogen) atoms. The van der Waals surface area contributed by atoms with E-state index in [9.17, 15) is 9.59 Å². The Morgan fingerprint density at radius 2 is 2.09 bits per heavy atom. The highest BCUT2D eigenvalue weighted by Crippen LogP contribution is 2.16. The summed E-state index contributed by atoms with van der Waals surface area (Å²) in [4.78, 5) is 25.3. The summed E-state index contributed by atoms with van der Waals surface area (Å²) in [5, 5.41) is 2.93. The lowest BCUT2D eigenvalue weighted by molar-refractivity contribution is -0.121. The molecule has 0 unspecified atom stereocenters. The van der Waals surface area contributed by atoms with Gasteiger partial charge in [0.25, 0.3) is 0 Å². The van der Waals surface area contributed by atoms with E-state index in [1.54, 1.807) is 11.9 Å². The number of nitrogens with one attached hydrogen (secondary N) is 1. The highest BCUT2D eigenvalue weighted by molar-refractivity contribution is 5.75. The second kappa shape index (κ2) is 9.11. The molecular formula is C17H32N2O4. The van der Waals surface area contributed by atoms with Gasteiger partial charge in [-0.3, -0.25) is 4.79 Å². The Hall–Kier alpha value is -1.30. The lowest BCUT2D eigenvalue weighted by Crippen LogP contribution is -2.39. The molecule has 1 aliphatic heterocycles. The average molecular weight is 328 g/mol. The van der Waals surface area contributed by atoms with Crippen molar-refractivity contribution in [2.45, 2.75) is 65.1 Å². The molecule has 1 fully saturated rings. The predicted octanol–water partition coefficient (Wildman–Crippen LogP) is 2.56. The number of ether oxygens (including phenoxy) is 2. The first kappa shape index (κ1) is 19.7. The first-order chi connectivity index (χ1) is 10.7. The Labute approximate surface area is 139 Å². The lowest BCUT2D eigenvalue weighted by Gasteiger charge is -2.26. The van der Waals surface area contributed by atoms with Crippen LogP contribution in [-0.2, 0) is 14.3 Å². The Morgan fingerprint density at radius 1 is 1.39 bits per heavy atom. The smallest absolute Gasteiger partial charge is 0.410 e. The molecule has 0 aromatic heterocycles. The zero-order valence-electron chi connectivity index (χ0n) is 15.2. The molecule has 2 amide bonds. The lowest BCUT2D eigenvalue weighted by atomic mass is 10.1.